The van der Waals surface area contributed by atoms with Gasteiger partial charge in [0, 0.05) is 17.7 Å². The van der Waals surface area contributed by atoms with E-state index in [9.17, 15) is 28.1 Å². The maximum atomic E-state index is 12.8. The van der Waals surface area contributed by atoms with Crippen LogP contribution in [0.3, 0.4) is 0 Å². The number of sulfone groups is 1. The number of hydrogen-bond donors (Lipinski definition) is 0. The SMILES string of the molecule is COC(=O)Cn1c(=NC(=O)c2cccc(S(=O)(=O)C(C)C)c2)sc2cc([N+](=O)[O-])ccc21. The van der Waals surface area contributed by atoms with Gasteiger partial charge in [0.25, 0.3) is 11.6 Å². The zero-order valence-corrected chi connectivity index (χ0v) is 19.0. The molecule has 0 atom stereocenters. The second-order valence-electron chi connectivity index (χ2n) is 6.99. The predicted molar refractivity (Wildman–Crippen MR) is 117 cm³/mol. The highest BCUT2D eigenvalue weighted by atomic mass is 32.2. The highest BCUT2D eigenvalue weighted by Gasteiger charge is 2.21. The van der Waals surface area contributed by atoms with E-state index in [1.54, 1.807) is 13.8 Å². The van der Waals surface area contributed by atoms with Crippen molar-refractivity contribution in [1.29, 1.82) is 0 Å². The molecular formula is C20H19N3O7S2. The number of nitrogens with zero attached hydrogens (tertiary/aromatic N) is 3. The minimum absolute atomic E-state index is 0.00273. The first-order chi connectivity index (χ1) is 15.0. The molecule has 10 nitrogen and oxygen atoms in total. The fourth-order valence-electron chi connectivity index (χ4n) is 2.84. The summed E-state index contributed by atoms with van der Waals surface area (Å²) in [5.41, 5.74) is 0.377. The quantitative estimate of drug-likeness (QED) is 0.302. The van der Waals surface area contributed by atoms with E-state index in [2.05, 4.69) is 4.99 Å². The van der Waals surface area contributed by atoms with Crippen molar-refractivity contribution in [2.75, 3.05) is 7.11 Å². The molecule has 0 N–H and O–H groups in total. The van der Waals surface area contributed by atoms with E-state index >= 15 is 0 Å². The Kier molecular flexibility index (Phi) is 6.55. The standard InChI is InChI=1S/C20H19N3O7S2/c1-12(2)32(28,29)15-6-4-5-13(9-15)19(25)21-20-22(11-18(24)30-3)16-8-7-14(23(26)27)10-17(16)31-20/h4-10,12H,11H2,1-3H3. The lowest BCUT2D eigenvalue weighted by molar-refractivity contribution is -0.384. The summed E-state index contributed by atoms with van der Waals surface area (Å²) < 4.78 is 31.4. The van der Waals surface area contributed by atoms with Crippen LogP contribution in [0.25, 0.3) is 10.2 Å². The van der Waals surface area contributed by atoms with Crippen LogP contribution in [0.15, 0.2) is 52.4 Å². The summed E-state index contributed by atoms with van der Waals surface area (Å²) in [4.78, 5) is 39.4. The molecule has 1 amide bonds. The smallest absolute Gasteiger partial charge is 0.325 e. The minimum atomic E-state index is -3.59. The Bertz CT molecular complexity index is 1400. The third-order valence-corrected chi connectivity index (χ3v) is 7.81. The molecule has 168 valence electrons. The molecule has 0 unspecified atom stereocenters. The first-order valence-corrected chi connectivity index (χ1v) is 11.7. The molecular weight excluding hydrogens is 458 g/mol. The first kappa shape index (κ1) is 23.3. The molecule has 1 heterocycles. The number of carbonyl (C=O) groups is 2. The molecule has 0 radical (unpaired) electrons. The third kappa shape index (κ3) is 4.60. The van der Waals surface area contributed by atoms with Crippen molar-refractivity contribution in [3.05, 3.63) is 62.9 Å². The van der Waals surface area contributed by atoms with Gasteiger partial charge >= 0.3 is 5.97 Å². The summed E-state index contributed by atoms with van der Waals surface area (Å²) in [7, 11) is -2.37. The van der Waals surface area contributed by atoms with Crippen molar-refractivity contribution in [1.82, 2.24) is 4.57 Å². The summed E-state index contributed by atoms with van der Waals surface area (Å²) in [5.74, 6) is -1.31. The van der Waals surface area contributed by atoms with Crippen LogP contribution < -0.4 is 4.80 Å². The van der Waals surface area contributed by atoms with Gasteiger partial charge < -0.3 is 9.30 Å². The van der Waals surface area contributed by atoms with E-state index in [1.165, 1.54) is 54.1 Å². The lowest BCUT2D eigenvalue weighted by Crippen LogP contribution is -2.22. The van der Waals surface area contributed by atoms with Crippen molar-refractivity contribution in [3.63, 3.8) is 0 Å². The third-order valence-electron chi connectivity index (χ3n) is 4.62. The lowest BCUT2D eigenvalue weighted by Gasteiger charge is -2.08. The van der Waals surface area contributed by atoms with Gasteiger partial charge in [0.05, 0.1) is 32.4 Å². The van der Waals surface area contributed by atoms with Crippen LogP contribution >= 0.6 is 11.3 Å². The number of esters is 1. The van der Waals surface area contributed by atoms with Gasteiger partial charge in [0.15, 0.2) is 14.6 Å². The second kappa shape index (κ2) is 9.01. The largest absolute Gasteiger partial charge is 0.468 e. The van der Waals surface area contributed by atoms with Crippen LogP contribution in [-0.2, 0) is 25.9 Å². The minimum Gasteiger partial charge on any atom is -0.468 e. The van der Waals surface area contributed by atoms with Crippen molar-refractivity contribution in [2.24, 2.45) is 4.99 Å². The number of ether oxygens (including phenoxy) is 1. The number of thiazole rings is 1. The maximum Gasteiger partial charge on any atom is 0.325 e. The van der Waals surface area contributed by atoms with Crippen LogP contribution in [-0.4, -0.2) is 42.1 Å². The van der Waals surface area contributed by atoms with E-state index in [0.29, 0.717) is 10.2 Å². The molecule has 3 rings (SSSR count). The number of aromatic nitrogens is 1. The molecule has 0 bridgehead atoms. The van der Waals surface area contributed by atoms with Gasteiger partial charge in [-0.3, -0.25) is 19.7 Å². The van der Waals surface area contributed by atoms with E-state index < -0.39 is 31.9 Å². The van der Waals surface area contributed by atoms with Crippen LogP contribution in [0.4, 0.5) is 5.69 Å². The molecule has 3 aromatic rings. The van der Waals surface area contributed by atoms with Gasteiger partial charge in [0.2, 0.25) is 0 Å². The van der Waals surface area contributed by atoms with E-state index in [4.69, 9.17) is 4.74 Å². The molecule has 0 aliphatic carbocycles. The Morgan fingerprint density at radius 3 is 2.56 bits per heavy atom. The summed E-state index contributed by atoms with van der Waals surface area (Å²) >= 11 is 0.991. The Labute approximate surface area is 186 Å². The highest BCUT2D eigenvalue weighted by molar-refractivity contribution is 7.92. The molecule has 0 saturated heterocycles. The monoisotopic (exact) mass is 477 g/mol. The number of nitro benzene ring substituents is 1. The molecule has 32 heavy (non-hydrogen) atoms. The van der Waals surface area contributed by atoms with Gasteiger partial charge in [0.1, 0.15) is 6.54 Å². The van der Waals surface area contributed by atoms with Crippen LogP contribution in [0.2, 0.25) is 0 Å². The molecule has 2 aromatic carbocycles. The molecule has 0 saturated carbocycles. The average Bonchev–Trinajstić information content (AvgIpc) is 3.09. The zero-order chi connectivity index (χ0) is 23.6. The molecule has 0 aliphatic heterocycles. The van der Waals surface area contributed by atoms with E-state index in [-0.39, 0.29) is 27.5 Å². The Morgan fingerprint density at radius 1 is 1.22 bits per heavy atom. The van der Waals surface area contributed by atoms with Crippen molar-refractivity contribution in [3.8, 4) is 0 Å². The van der Waals surface area contributed by atoms with Crippen molar-refractivity contribution >= 4 is 49.0 Å². The number of methoxy groups -OCH3 is 1. The predicted octanol–water partition coefficient (Wildman–Crippen LogP) is 2.71. The number of nitro groups is 1. The van der Waals surface area contributed by atoms with Gasteiger partial charge in [-0.1, -0.05) is 17.4 Å². The molecule has 0 aliphatic rings. The van der Waals surface area contributed by atoms with Gasteiger partial charge in [-0.05, 0) is 38.1 Å². The van der Waals surface area contributed by atoms with Gasteiger partial charge in [-0.15, -0.1) is 0 Å². The van der Waals surface area contributed by atoms with Gasteiger partial charge in [-0.2, -0.15) is 4.99 Å². The molecule has 0 spiro atoms. The Hall–Kier alpha value is -3.38. The normalized spacial score (nSPS) is 12.3. The number of fused-ring (bicyclic) bond motifs is 1. The highest BCUT2D eigenvalue weighted by Crippen LogP contribution is 2.24. The Balaban J connectivity index is 2.14. The molecule has 12 heteroatoms. The summed E-state index contributed by atoms with van der Waals surface area (Å²) in [6.45, 7) is 2.82. The van der Waals surface area contributed by atoms with Crippen molar-refractivity contribution < 1.29 is 27.7 Å². The first-order valence-electron chi connectivity index (χ1n) is 9.32. The summed E-state index contributed by atoms with van der Waals surface area (Å²) in [6.07, 6.45) is 0. The lowest BCUT2D eigenvalue weighted by atomic mass is 10.2. The van der Waals surface area contributed by atoms with Gasteiger partial charge in [-0.25, -0.2) is 8.42 Å². The van der Waals surface area contributed by atoms with Crippen molar-refractivity contribution in [2.45, 2.75) is 30.5 Å². The summed E-state index contributed by atoms with van der Waals surface area (Å²) in [5, 5.41) is 10.4. The average molecular weight is 478 g/mol. The number of benzene rings is 2. The molecule has 1 aromatic heterocycles. The Morgan fingerprint density at radius 2 is 1.94 bits per heavy atom. The second-order valence-corrected chi connectivity index (χ2v) is 10.5. The number of rotatable bonds is 6. The van der Waals surface area contributed by atoms with Crippen LogP contribution in [0.1, 0.15) is 24.2 Å². The van der Waals surface area contributed by atoms with Crippen LogP contribution in [0, 0.1) is 10.1 Å². The molecule has 0 fully saturated rings. The number of carbonyl (C=O) groups excluding carboxylic acids is 2. The fraction of sp³-hybridized carbons (Fsp3) is 0.250. The summed E-state index contributed by atoms with van der Waals surface area (Å²) in [6, 6.07) is 9.63. The number of hydrogen-bond acceptors (Lipinski definition) is 8. The van der Waals surface area contributed by atoms with E-state index in [1.807, 2.05) is 0 Å². The fourth-order valence-corrected chi connectivity index (χ4v) is 5.00. The van der Waals surface area contributed by atoms with E-state index in [0.717, 1.165) is 11.3 Å². The zero-order valence-electron chi connectivity index (χ0n) is 17.3. The number of amides is 1. The maximum absolute atomic E-state index is 12.8. The number of non-ortho nitro benzene ring substituents is 1. The van der Waals surface area contributed by atoms with Crippen LogP contribution in [0.5, 0.6) is 0 Å². The topological polar surface area (TPSA) is 138 Å².